The number of carboxylic acids is 1. The van der Waals surface area contributed by atoms with Gasteiger partial charge in [0.1, 0.15) is 0 Å². The van der Waals surface area contributed by atoms with Crippen molar-refractivity contribution >= 4 is 17.7 Å². The average molecular weight is 279 g/mol. The van der Waals surface area contributed by atoms with Gasteiger partial charge in [0.2, 0.25) is 0 Å². The zero-order chi connectivity index (χ0) is 13.8. The number of thioether (sulfide) groups is 1. The van der Waals surface area contributed by atoms with Gasteiger partial charge in [-0.25, -0.2) is 14.7 Å². The molecule has 2 aromatic rings. The molecule has 0 bridgehead atoms. The van der Waals surface area contributed by atoms with Crippen LogP contribution in [0.25, 0.3) is 0 Å². The topological polar surface area (TPSA) is 88.0 Å². The lowest BCUT2D eigenvalue weighted by Crippen LogP contribution is -2.16. The fraction of sp³-hybridized carbons (Fsp3) is 0.250. The highest BCUT2D eigenvalue weighted by Gasteiger charge is 2.07. The van der Waals surface area contributed by atoms with E-state index in [1.54, 1.807) is 28.8 Å². The van der Waals surface area contributed by atoms with Gasteiger partial charge in [0.15, 0.2) is 5.16 Å². The number of carbonyl (C=O) groups is 1. The average Bonchev–Trinajstić information content (AvgIpc) is 2.77. The van der Waals surface area contributed by atoms with Gasteiger partial charge < -0.3 is 5.11 Å². The molecule has 1 aromatic heterocycles. The Morgan fingerprint density at radius 3 is 2.68 bits per heavy atom. The highest BCUT2D eigenvalue weighted by atomic mass is 32.2. The van der Waals surface area contributed by atoms with Gasteiger partial charge in [0, 0.05) is 12.3 Å². The van der Waals surface area contributed by atoms with Crippen molar-refractivity contribution in [2.24, 2.45) is 0 Å². The van der Waals surface area contributed by atoms with Crippen molar-refractivity contribution in [3.05, 3.63) is 45.9 Å². The first-order valence-electron chi connectivity index (χ1n) is 5.72. The SMILES string of the molecule is CCn1c(SCc2ccc(C(=O)O)cc2)n[nH]c1=O. The van der Waals surface area contributed by atoms with Crippen LogP contribution in [0.1, 0.15) is 22.8 Å². The molecule has 19 heavy (non-hydrogen) atoms. The quantitative estimate of drug-likeness (QED) is 0.811. The van der Waals surface area contributed by atoms with Crippen LogP contribution >= 0.6 is 11.8 Å². The zero-order valence-corrected chi connectivity index (χ0v) is 11.1. The van der Waals surface area contributed by atoms with Crippen molar-refractivity contribution in [3.8, 4) is 0 Å². The molecule has 0 aliphatic rings. The molecule has 1 aromatic carbocycles. The van der Waals surface area contributed by atoms with Crippen LogP contribution in [0.4, 0.5) is 0 Å². The predicted molar refractivity (Wildman–Crippen MR) is 71.5 cm³/mol. The molecular weight excluding hydrogens is 266 g/mol. The lowest BCUT2D eigenvalue weighted by atomic mass is 10.1. The molecule has 0 aliphatic heterocycles. The van der Waals surface area contributed by atoms with E-state index in [-0.39, 0.29) is 11.3 Å². The first kappa shape index (κ1) is 13.4. The van der Waals surface area contributed by atoms with Crippen molar-refractivity contribution < 1.29 is 9.90 Å². The van der Waals surface area contributed by atoms with Gasteiger partial charge in [0.05, 0.1) is 5.56 Å². The maximum absolute atomic E-state index is 11.4. The minimum absolute atomic E-state index is 0.216. The Morgan fingerprint density at radius 2 is 2.11 bits per heavy atom. The van der Waals surface area contributed by atoms with Crippen molar-refractivity contribution in [2.45, 2.75) is 24.4 Å². The minimum Gasteiger partial charge on any atom is -0.478 e. The van der Waals surface area contributed by atoms with Gasteiger partial charge in [-0.2, -0.15) is 0 Å². The maximum Gasteiger partial charge on any atom is 0.343 e. The van der Waals surface area contributed by atoms with Crippen LogP contribution in [0, 0.1) is 0 Å². The van der Waals surface area contributed by atoms with Gasteiger partial charge >= 0.3 is 11.7 Å². The molecule has 0 atom stereocenters. The third-order valence-corrected chi connectivity index (χ3v) is 3.66. The Labute approximate surface area is 113 Å². The van der Waals surface area contributed by atoms with Crippen LogP contribution in [-0.2, 0) is 12.3 Å². The molecule has 2 rings (SSSR count). The summed E-state index contributed by atoms with van der Waals surface area (Å²) in [6, 6.07) is 6.65. The minimum atomic E-state index is -0.939. The van der Waals surface area contributed by atoms with E-state index in [1.807, 2.05) is 6.92 Å². The fourth-order valence-electron chi connectivity index (χ4n) is 1.58. The summed E-state index contributed by atoms with van der Waals surface area (Å²) in [6.07, 6.45) is 0. The van der Waals surface area contributed by atoms with E-state index in [0.717, 1.165) is 5.56 Å². The molecule has 6 nitrogen and oxygen atoms in total. The van der Waals surface area contributed by atoms with E-state index in [0.29, 0.717) is 17.5 Å². The number of nitrogens with zero attached hydrogens (tertiary/aromatic N) is 2. The normalized spacial score (nSPS) is 10.6. The van der Waals surface area contributed by atoms with Gasteiger partial charge in [-0.15, -0.1) is 5.10 Å². The largest absolute Gasteiger partial charge is 0.478 e. The summed E-state index contributed by atoms with van der Waals surface area (Å²) in [4.78, 5) is 22.1. The number of hydrogen-bond donors (Lipinski definition) is 2. The summed E-state index contributed by atoms with van der Waals surface area (Å²) < 4.78 is 1.55. The molecule has 0 fully saturated rings. The number of aromatic amines is 1. The molecule has 0 unspecified atom stereocenters. The lowest BCUT2D eigenvalue weighted by Gasteiger charge is -2.03. The maximum atomic E-state index is 11.4. The molecule has 0 amide bonds. The Kier molecular flexibility index (Phi) is 4.06. The molecule has 2 N–H and O–H groups in total. The zero-order valence-electron chi connectivity index (χ0n) is 10.3. The number of aromatic carboxylic acids is 1. The standard InChI is InChI=1S/C12H13N3O3S/c1-2-15-11(18)13-14-12(15)19-7-8-3-5-9(6-4-8)10(16)17/h3-6H,2,7H2,1H3,(H,13,18)(H,16,17). The summed E-state index contributed by atoms with van der Waals surface area (Å²) in [5.41, 5.74) is 1.03. The summed E-state index contributed by atoms with van der Waals surface area (Å²) >= 11 is 1.43. The third kappa shape index (κ3) is 3.05. The van der Waals surface area contributed by atoms with Gasteiger partial charge in [-0.3, -0.25) is 4.57 Å². The summed E-state index contributed by atoms with van der Waals surface area (Å²) in [7, 11) is 0. The monoisotopic (exact) mass is 279 g/mol. The van der Waals surface area contributed by atoms with E-state index in [2.05, 4.69) is 10.2 Å². The molecule has 7 heteroatoms. The second-order valence-corrected chi connectivity index (χ2v) is 4.79. The number of hydrogen-bond acceptors (Lipinski definition) is 4. The van der Waals surface area contributed by atoms with E-state index in [1.165, 1.54) is 11.8 Å². The van der Waals surface area contributed by atoms with Crippen LogP contribution in [0.2, 0.25) is 0 Å². The number of carboxylic acid groups (broad SMARTS) is 1. The molecule has 0 saturated heterocycles. The van der Waals surface area contributed by atoms with Crippen molar-refractivity contribution in [1.29, 1.82) is 0 Å². The highest BCUT2D eigenvalue weighted by molar-refractivity contribution is 7.98. The summed E-state index contributed by atoms with van der Waals surface area (Å²) in [5, 5.41) is 15.8. The number of benzene rings is 1. The van der Waals surface area contributed by atoms with E-state index >= 15 is 0 Å². The van der Waals surface area contributed by atoms with Crippen LogP contribution in [-0.4, -0.2) is 25.8 Å². The number of rotatable bonds is 5. The molecule has 0 saturated carbocycles. The predicted octanol–water partition coefficient (Wildman–Crippen LogP) is 1.58. The Morgan fingerprint density at radius 1 is 1.42 bits per heavy atom. The van der Waals surface area contributed by atoms with Crippen LogP contribution in [0.5, 0.6) is 0 Å². The second kappa shape index (κ2) is 5.75. The van der Waals surface area contributed by atoms with Crippen LogP contribution < -0.4 is 5.69 Å². The Hall–Kier alpha value is -2.02. The Bertz CT molecular complexity index is 630. The first-order valence-corrected chi connectivity index (χ1v) is 6.70. The summed E-state index contributed by atoms with van der Waals surface area (Å²) in [5.74, 6) is -0.309. The first-order chi connectivity index (χ1) is 9.11. The molecular formula is C12H13N3O3S. The van der Waals surface area contributed by atoms with Crippen molar-refractivity contribution in [1.82, 2.24) is 14.8 Å². The molecule has 1 heterocycles. The molecule has 0 spiro atoms. The van der Waals surface area contributed by atoms with E-state index < -0.39 is 5.97 Å². The molecule has 100 valence electrons. The smallest absolute Gasteiger partial charge is 0.343 e. The number of H-pyrrole nitrogens is 1. The van der Waals surface area contributed by atoms with Crippen LogP contribution in [0.3, 0.4) is 0 Å². The molecule has 0 aliphatic carbocycles. The van der Waals surface area contributed by atoms with Gasteiger partial charge in [-0.05, 0) is 24.6 Å². The Balaban J connectivity index is 2.06. The van der Waals surface area contributed by atoms with E-state index in [4.69, 9.17) is 5.11 Å². The van der Waals surface area contributed by atoms with Crippen LogP contribution in [0.15, 0.2) is 34.2 Å². The van der Waals surface area contributed by atoms with Gasteiger partial charge in [-0.1, -0.05) is 23.9 Å². The van der Waals surface area contributed by atoms with Crippen molar-refractivity contribution in [2.75, 3.05) is 0 Å². The third-order valence-electron chi connectivity index (χ3n) is 2.61. The second-order valence-electron chi connectivity index (χ2n) is 3.85. The van der Waals surface area contributed by atoms with Gasteiger partial charge in [0.25, 0.3) is 0 Å². The summed E-state index contributed by atoms with van der Waals surface area (Å²) in [6.45, 7) is 2.44. The lowest BCUT2D eigenvalue weighted by molar-refractivity contribution is 0.0697. The fourth-order valence-corrected chi connectivity index (χ4v) is 2.55. The molecule has 0 radical (unpaired) electrons. The number of aromatic nitrogens is 3. The number of nitrogens with one attached hydrogen (secondary N) is 1. The van der Waals surface area contributed by atoms with Crippen molar-refractivity contribution in [3.63, 3.8) is 0 Å². The highest BCUT2D eigenvalue weighted by Crippen LogP contribution is 2.19. The van der Waals surface area contributed by atoms with E-state index in [9.17, 15) is 9.59 Å².